The summed E-state index contributed by atoms with van der Waals surface area (Å²) >= 11 is 0. The van der Waals surface area contributed by atoms with E-state index >= 15 is 0 Å². The fourth-order valence-corrected chi connectivity index (χ4v) is 2.52. The summed E-state index contributed by atoms with van der Waals surface area (Å²) < 4.78 is 0. The van der Waals surface area contributed by atoms with Crippen molar-refractivity contribution in [3.63, 3.8) is 0 Å². The average Bonchev–Trinajstić information content (AvgIpc) is 2.49. The van der Waals surface area contributed by atoms with Crippen LogP contribution in [0.15, 0.2) is 12.1 Å². The lowest BCUT2D eigenvalue weighted by atomic mass is 10.1. The first-order chi connectivity index (χ1) is 10.4. The molecule has 0 aromatic heterocycles. The predicted octanol–water partition coefficient (Wildman–Crippen LogP) is 2.32. The molecule has 5 nitrogen and oxygen atoms in total. The van der Waals surface area contributed by atoms with Gasteiger partial charge >= 0.3 is 0 Å². The molecule has 0 saturated carbocycles. The Balaban J connectivity index is 2.19. The number of amides is 2. The van der Waals surface area contributed by atoms with Gasteiger partial charge in [-0.15, -0.1) is 0 Å². The van der Waals surface area contributed by atoms with Crippen LogP contribution >= 0.6 is 0 Å². The minimum absolute atomic E-state index is 0.0205. The van der Waals surface area contributed by atoms with Crippen molar-refractivity contribution < 1.29 is 9.59 Å². The van der Waals surface area contributed by atoms with E-state index in [0.717, 1.165) is 36.3 Å². The van der Waals surface area contributed by atoms with Crippen LogP contribution in [0.2, 0.25) is 0 Å². The largest absolute Gasteiger partial charge is 0.374 e. The van der Waals surface area contributed by atoms with Crippen LogP contribution in [0, 0.1) is 13.8 Å². The molecule has 1 aliphatic rings. The van der Waals surface area contributed by atoms with Gasteiger partial charge in [-0.1, -0.05) is 13.3 Å². The minimum atomic E-state index is -0.0620. The van der Waals surface area contributed by atoms with Crippen molar-refractivity contribution in [1.82, 2.24) is 4.90 Å². The molecule has 0 aliphatic carbocycles. The van der Waals surface area contributed by atoms with Gasteiger partial charge < -0.3 is 10.2 Å². The molecular weight excluding hydrogens is 278 g/mol. The quantitative estimate of drug-likeness (QED) is 0.908. The minimum Gasteiger partial charge on any atom is -0.374 e. The van der Waals surface area contributed by atoms with Crippen molar-refractivity contribution in [3.8, 4) is 0 Å². The molecule has 5 heteroatoms. The zero-order valence-electron chi connectivity index (χ0n) is 13.9. The van der Waals surface area contributed by atoms with Crippen molar-refractivity contribution in [3.05, 3.63) is 23.3 Å². The first-order valence-electron chi connectivity index (χ1n) is 7.83. The van der Waals surface area contributed by atoms with Crippen LogP contribution in [0.25, 0.3) is 0 Å². The SMILES string of the molecule is CCCCN(C)C(=O)CN1C(=O)CNc2cc(C)c(C)cc21. The molecule has 0 bridgehead atoms. The summed E-state index contributed by atoms with van der Waals surface area (Å²) in [4.78, 5) is 27.9. The Kier molecular flexibility index (Phi) is 5.06. The van der Waals surface area contributed by atoms with Crippen LogP contribution in [0.3, 0.4) is 0 Å². The number of rotatable bonds is 5. The Morgan fingerprint density at radius 3 is 2.68 bits per heavy atom. The number of fused-ring (bicyclic) bond motifs is 1. The third-order valence-corrected chi connectivity index (χ3v) is 4.20. The summed E-state index contributed by atoms with van der Waals surface area (Å²) in [5.74, 6) is -0.0825. The fourth-order valence-electron chi connectivity index (χ4n) is 2.52. The van der Waals surface area contributed by atoms with Gasteiger partial charge in [0, 0.05) is 13.6 Å². The second-order valence-corrected chi connectivity index (χ2v) is 5.96. The topological polar surface area (TPSA) is 52.7 Å². The highest BCUT2D eigenvalue weighted by Gasteiger charge is 2.27. The van der Waals surface area contributed by atoms with E-state index < -0.39 is 0 Å². The van der Waals surface area contributed by atoms with Crippen molar-refractivity contribution in [2.75, 3.05) is 36.9 Å². The first-order valence-corrected chi connectivity index (χ1v) is 7.83. The molecule has 2 rings (SSSR count). The summed E-state index contributed by atoms with van der Waals surface area (Å²) in [5.41, 5.74) is 4.02. The number of hydrogen-bond donors (Lipinski definition) is 1. The van der Waals surface area contributed by atoms with E-state index in [4.69, 9.17) is 0 Å². The lowest BCUT2D eigenvalue weighted by molar-refractivity contribution is -0.130. The average molecular weight is 303 g/mol. The van der Waals surface area contributed by atoms with Crippen LogP contribution in [0.4, 0.5) is 11.4 Å². The molecule has 1 aliphatic heterocycles. The molecule has 1 aromatic carbocycles. The van der Waals surface area contributed by atoms with E-state index in [1.807, 2.05) is 26.0 Å². The van der Waals surface area contributed by atoms with Crippen molar-refractivity contribution >= 4 is 23.2 Å². The summed E-state index contributed by atoms with van der Waals surface area (Å²) in [6.07, 6.45) is 2.03. The van der Waals surface area contributed by atoms with E-state index in [2.05, 4.69) is 12.2 Å². The molecule has 0 radical (unpaired) electrons. The van der Waals surface area contributed by atoms with Gasteiger partial charge in [0.15, 0.2) is 0 Å². The van der Waals surface area contributed by atoms with Gasteiger partial charge in [-0.05, 0) is 43.5 Å². The number of carbonyl (C=O) groups is 2. The summed E-state index contributed by atoms with van der Waals surface area (Å²) in [5, 5.41) is 3.13. The number of likely N-dealkylation sites (N-methyl/N-ethyl adjacent to an activating group) is 1. The molecular formula is C17H25N3O2. The summed E-state index contributed by atoms with van der Waals surface area (Å²) in [6, 6.07) is 4.02. The molecule has 0 saturated heterocycles. The van der Waals surface area contributed by atoms with E-state index in [1.54, 1.807) is 16.8 Å². The highest BCUT2D eigenvalue weighted by molar-refractivity contribution is 6.06. The van der Waals surface area contributed by atoms with Crippen molar-refractivity contribution in [2.45, 2.75) is 33.6 Å². The highest BCUT2D eigenvalue weighted by atomic mass is 16.2. The van der Waals surface area contributed by atoms with E-state index in [9.17, 15) is 9.59 Å². The van der Waals surface area contributed by atoms with Gasteiger partial charge in [-0.25, -0.2) is 0 Å². The number of anilines is 2. The molecule has 0 fully saturated rings. The van der Waals surface area contributed by atoms with Gasteiger partial charge in [0.1, 0.15) is 6.54 Å². The molecule has 22 heavy (non-hydrogen) atoms. The first kappa shape index (κ1) is 16.3. The maximum atomic E-state index is 12.3. The van der Waals surface area contributed by atoms with Gasteiger partial charge in [-0.2, -0.15) is 0 Å². The molecule has 0 spiro atoms. The summed E-state index contributed by atoms with van der Waals surface area (Å²) in [6.45, 7) is 7.23. The summed E-state index contributed by atoms with van der Waals surface area (Å²) in [7, 11) is 1.80. The fraction of sp³-hybridized carbons (Fsp3) is 0.529. The van der Waals surface area contributed by atoms with E-state index in [1.165, 1.54) is 5.56 Å². The van der Waals surface area contributed by atoms with Crippen LogP contribution in [-0.4, -0.2) is 43.4 Å². The number of nitrogens with one attached hydrogen (secondary N) is 1. The normalized spacial score (nSPS) is 13.6. The third kappa shape index (κ3) is 3.40. The number of nitrogens with zero attached hydrogens (tertiary/aromatic N) is 2. The zero-order valence-corrected chi connectivity index (χ0v) is 13.9. The molecule has 120 valence electrons. The number of benzene rings is 1. The predicted molar refractivity (Wildman–Crippen MR) is 89.3 cm³/mol. The standard InChI is InChI=1S/C17H25N3O2/c1-5-6-7-19(4)17(22)11-20-15-9-13(3)12(2)8-14(15)18-10-16(20)21/h8-9,18H,5-7,10-11H2,1-4H3. The molecule has 0 unspecified atom stereocenters. The second-order valence-electron chi connectivity index (χ2n) is 5.96. The van der Waals surface area contributed by atoms with Gasteiger partial charge in [-0.3, -0.25) is 14.5 Å². The van der Waals surface area contributed by atoms with E-state index in [-0.39, 0.29) is 24.9 Å². The monoisotopic (exact) mass is 303 g/mol. The Hall–Kier alpha value is -2.04. The van der Waals surface area contributed by atoms with Gasteiger partial charge in [0.05, 0.1) is 17.9 Å². The Bertz CT molecular complexity index is 584. The lowest BCUT2D eigenvalue weighted by Gasteiger charge is -2.31. The third-order valence-electron chi connectivity index (χ3n) is 4.20. The molecule has 0 atom stereocenters. The highest BCUT2D eigenvalue weighted by Crippen LogP contribution is 2.32. The molecule has 1 heterocycles. The smallest absolute Gasteiger partial charge is 0.246 e. The van der Waals surface area contributed by atoms with E-state index in [0.29, 0.717) is 0 Å². The number of carbonyl (C=O) groups excluding carboxylic acids is 2. The molecule has 2 amide bonds. The lowest BCUT2D eigenvalue weighted by Crippen LogP contribution is -2.46. The maximum absolute atomic E-state index is 12.3. The Morgan fingerprint density at radius 1 is 1.32 bits per heavy atom. The number of aryl methyl sites for hydroxylation is 2. The van der Waals surface area contributed by atoms with Crippen molar-refractivity contribution in [2.24, 2.45) is 0 Å². The molecule has 1 aromatic rings. The molecule has 1 N–H and O–H groups in total. The number of unbranched alkanes of at least 4 members (excludes halogenated alkanes) is 1. The zero-order chi connectivity index (χ0) is 16.3. The second kappa shape index (κ2) is 6.81. The van der Waals surface area contributed by atoms with Gasteiger partial charge in [0.2, 0.25) is 11.8 Å². The number of hydrogen-bond acceptors (Lipinski definition) is 3. The van der Waals surface area contributed by atoms with Crippen LogP contribution in [0.5, 0.6) is 0 Å². The van der Waals surface area contributed by atoms with Crippen LogP contribution in [-0.2, 0) is 9.59 Å². The maximum Gasteiger partial charge on any atom is 0.246 e. The van der Waals surface area contributed by atoms with Crippen LogP contribution < -0.4 is 10.2 Å². The van der Waals surface area contributed by atoms with Crippen molar-refractivity contribution in [1.29, 1.82) is 0 Å². The Morgan fingerprint density at radius 2 is 2.00 bits per heavy atom. The van der Waals surface area contributed by atoms with Crippen LogP contribution in [0.1, 0.15) is 30.9 Å². The van der Waals surface area contributed by atoms with Gasteiger partial charge in [0.25, 0.3) is 0 Å². The Labute approximate surface area is 132 Å².